The first-order valence-corrected chi connectivity index (χ1v) is 7.18. The molecule has 1 aliphatic heterocycles. The van der Waals surface area contributed by atoms with Crippen molar-refractivity contribution in [3.63, 3.8) is 0 Å². The lowest BCUT2D eigenvalue weighted by molar-refractivity contribution is -0.122. The Hall–Kier alpha value is -1.55. The average molecular weight is 277 g/mol. The Balaban J connectivity index is 1.73. The van der Waals surface area contributed by atoms with Crippen LogP contribution in [0.4, 0.5) is 0 Å². The van der Waals surface area contributed by atoms with Gasteiger partial charge in [-0.1, -0.05) is 0 Å². The van der Waals surface area contributed by atoms with Crippen molar-refractivity contribution in [3.05, 3.63) is 24.3 Å². The van der Waals surface area contributed by atoms with Gasteiger partial charge in [0.2, 0.25) is 0 Å². The predicted molar refractivity (Wildman–Crippen MR) is 78.3 cm³/mol. The number of carbonyl (C=O) groups excluding carboxylic acids is 1. The number of Topliss-reactive ketones (excluding diaryl/α,β-unsaturated/α-hetero) is 1. The van der Waals surface area contributed by atoms with E-state index in [0.29, 0.717) is 12.4 Å². The molecule has 110 valence electrons. The number of likely N-dealkylation sites (tertiary alicyclic amines) is 1. The van der Waals surface area contributed by atoms with Gasteiger partial charge in [-0.05, 0) is 50.6 Å². The fourth-order valence-corrected chi connectivity index (χ4v) is 2.55. The molecule has 1 aliphatic rings. The molecule has 4 heteroatoms. The lowest BCUT2D eigenvalue weighted by Gasteiger charge is -2.31. The Bertz CT molecular complexity index is 430. The van der Waals surface area contributed by atoms with Gasteiger partial charge in [-0.15, -0.1) is 0 Å². The largest absolute Gasteiger partial charge is 0.497 e. The molecule has 4 nitrogen and oxygen atoms in total. The number of hydrogen-bond donors (Lipinski definition) is 0. The maximum absolute atomic E-state index is 11.4. The van der Waals surface area contributed by atoms with Crippen LogP contribution in [0, 0.1) is 5.92 Å². The predicted octanol–water partition coefficient (Wildman–Crippen LogP) is 2.38. The van der Waals surface area contributed by atoms with Crippen molar-refractivity contribution in [2.45, 2.75) is 19.8 Å². The van der Waals surface area contributed by atoms with Crippen LogP contribution in [0.3, 0.4) is 0 Å². The fraction of sp³-hybridized carbons (Fsp3) is 0.562. The second-order valence-corrected chi connectivity index (χ2v) is 5.27. The third kappa shape index (κ3) is 4.23. The summed E-state index contributed by atoms with van der Waals surface area (Å²) in [5.74, 6) is 2.21. The highest BCUT2D eigenvalue weighted by Crippen LogP contribution is 2.18. The molecule has 2 rings (SSSR count). The standard InChI is InChI=1S/C16H23NO3/c1-13(18)14-4-3-9-17(12-14)10-11-20-16-7-5-15(19-2)6-8-16/h5-8,14H,3-4,9-12H2,1-2H3. The van der Waals surface area contributed by atoms with Gasteiger partial charge in [0.25, 0.3) is 0 Å². The van der Waals surface area contributed by atoms with Gasteiger partial charge in [-0.3, -0.25) is 9.69 Å². The van der Waals surface area contributed by atoms with Gasteiger partial charge in [0.15, 0.2) is 0 Å². The maximum atomic E-state index is 11.4. The van der Waals surface area contributed by atoms with Crippen molar-refractivity contribution in [1.82, 2.24) is 4.90 Å². The third-order valence-electron chi connectivity index (χ3n) is 3.82. The monoisotopic (exact) mass is 277 g/mol. The van der Waals surface area contributed by atoms with Gasteiger partial charge in [0.05, 0.1) is 7.11 Å². The highest BCUT2D eigenvalue weighted by molar-refractivity contribution is 5.78. The lowest BCUT2D eigenvalue weighted by Crippen LogP contribution is -2.40. The molecule has 0 bridgehead atoms. The molecule has 0 saturated carbocycles. The number of carbonyl (C=O) groups is 1. The molecule has 0 aliphatic carbocycles. The Morgan fingerprint density at radius 2 is 2.00 bits per heavy atom. The summed E-state index contributed by atoms with van der Waals surface area (Å²) >= 11 is 0. The SMILES string of the molecule is COc1ccc(OCCN2CCCC(C(C)=O)C2)cc1. The number of nitrogens with zero attached hydrogens (tertiary/aromatic N) is 1. The first-order valence-electron chi connectivity index (χ1n) is 7.18. The summed E-state index contributed by atoms with van der Waals surface area (Å²) in [5.41, 5.74) is 0. The summed E-state index contributed by atoms with van der Waals surface area (Å²) in [7, 11) is 1.65. The lowest BCUT2D eigenvalue weighted by atomic mass is 9.95. The minimum absolute atomic E-state index is 0.213. The van der Waals surface area contributed by atoms with Crippen LogP contribution in [0.15, 0.2) is 24.3 Å². The molecule has 1 heterocycles. The summed E-state index contributed by atoms with van der Waals surface area (Å²) in [4.78, 5) is 13.7. The number of rotatable bonds is 6. The smallest absolute Gasteiger partial charge is 0.134 e. The van der Waals surface area contributed by atoms with Gasteiger partial charge in [0.1, 0.15) is 23.9 Å². The molecule has 1 unspecified atom stereocenters. The van der Waals surface area contributed by atoms with E-state index in [4.69, 9.17) is 9.47 Å². The highest BCUT2D eigenvalue weighted by Gasteiger charge is 2.22. The molecule has 0 N–H and O–H groups in total. The third-order valence-corrected chi connectivity index (χ3v) is 3.82. The van der Waals surface area contributed by atoms with Crippen LogP contribution in [-0.4, -0.2) is 44.0 Å². The normalized spacial score (nSPS) is 19.6. The number of methoxy groups -OCH3 is 1. The second kappa shape index (κ2) is 7.29. The molecule has 0 spiro atoms. The number of piperidine rings is 1. The first kappa shape index (κ1) is 14.9. The quantitative estimate of drug-likeness (QED) is 0.800. The van der Waals surface area contributed by atoms with Gasteiger partial charge < -0.3 is 9.47 Å². The number of ether oxygens (including phenoxy) is 2. The summed E-state index contributed by atoms with van der Waals surface area (Å²) in [6.07, 6.45) is 2.14. The van der Waals surface area contributed by atoms with Crippen molar-refractivity contribution in [1.29, 1.82) is 0 Å². The van der Waals surface area contributed by atoms with Gasteiger partial charge in [0, 0.05) is 19.0 Å². The average Bonchev–Trinajstić information content (AvgIpc) is 2.48. The Morgan fingerprint density at radius 3 is 2.65 bits per heavy atom. The molecule has 20 heavy (non-hydrogen) atoms. The summed E-state index contributed by atoms with van der Waals surface area (Å²) < 4.78 is 10.8. The van der Waals surface area contributed by atoms with Crippen molar-refractivity contribution in [2.75, 3.05) is 33.4 Å². The zero-order chi connectivity index (χ0) is 14.4. The number of benzene rings is 1. The van der Waals surface area contributed by atoms with Crippen molar-refractivity contribution >= 4 is 5.78 Å². The first-order chi connectivity index (χ1) is 9.69. The van der Waals surface area contributed by atoms with Crippen LogP contribution in [0.2, 0.25) is 0 Å². The van der Waals surface area contributed by atoms with E-state index >= 15 is 0 Å². The van der Waals surface area contributed by atoms with Crippen LogP contribution < -0.4 is 9.47 Å². The highest BCUT2D eigenvalue weighted by atomic mass is 16.5. The van der Waals surface area contributed by atoms with E-state index in [9.17, 15) is 4.79 Å². The minimum Gasteiger partial charge on any atom is -0.497 e. The summed E-state index contributed by atoms with van der Waals surface area (Å²) in [6.45, 7) is 5.16. The van der Waals surface area contributed by atoms with E-state index in [0.717, 1.165) is 44.0 Å². The fourth-order valence-electron chi connectivity index (χ4n) is 2.55. The molecule has 1 aromatic rings. The second-order valence-electron chi connectivity index (χ2n) is 5.27. The van der Waals surface area contributed by atoms with Gasteiger partial charge in [-0.25, -0.2) is 0 Å². The Morgan fingerprint density at radius 1 is 1.30 bits per heavy atom. The zero-order valence-corrected chi connectivity index (χ0v) is 12.3. The number of ketones is 1. The zero-order valence-electron chi connectivity index (χ0n) is 12.3. The topological polar surface area (TPSA) is 38.8 Å². The van der Waals surface area contributed by atoms with E-state index in [1.54, 1.807) is 14.0 Å². The van der Waals surface area contributed by atoms with E-state index in [-0.39, 0.29) is 5.92 Å². The Labute approximate surface area is 120 Å². The molecule has 0 aromatic heterocycles. The van der Waals surface area contributed by atoms with Gasteiger partial charge in [-0.2, -0.15) is 0 Å². The van der Waals surface area contributed by atoms with E-state index < -0.39 is 0 Å². The van der Waals surface area contributed by atoms with E-state index in [2.05, 4.69) is 4.90 Å². The van der Waals surface area contributed by atoms with Crippen LogP contribution in [0.5, 0.6) is 11.5 Å². The minimum atomic E-state index is 0.213. The molecular formula is C16H23NO3. The van der Waals surface area contributed by atoms with Crippen molar-refractivity contribution in [3.8, 4) is 11.5 Å². The number of hydrogen-bond acceptors (Lipinski definition) is 4. The van der Waals surface area contributed by atoms with E-state index in [1.165, 1.54) is 0 Å². The molecule has 1 fully saturated rings. The molecule has 0 amide bonds. The van der Waals surface area contributed by atoms with E-state index in [1.807, 2.05) is 24.3 Å². The summed E-state index contributed by atoms with van der Waals surface area (Å²) in [6, 6.07) is 7.60. The van der Waals surface area contributed by atoms with Crippen LogP contribution in [0.25, 0.3) is 0 Å². The van der Waals surface area contributed by atoms with Crippen molar-refractivity contribution in [2.24, 2.45) is 5.92 Å². The van der Waals surface area contributed by atoms with Crippen LogP contribution >= 0.6 is 0 Å². The summed E-state index contributed by atoms with van der Waals surface area (Å²) in [5, 5.41) is 0. The van der Waals surface area contributed by atoms with Crippen LogP contribution in [-0.2, 0) is 4.79 Å². The molecular weight excluding hydrogens is 254 g/mol. The maximum Gasteiger partial charge on any atom is 0.134 e. The molecule has 1 atom stereocenters. The van der Waals surface area contributed by atoms with Crippen molar-refractivity contribution < 1.29 is 14.3 Å². The molecule has 1 aromatic carbocycles. The van der Waals surface area contributed by atoms with Crippen LogP contribution in [0.1, 0.15) is 19.8 Å². The Kier molecular flexibility index (Phi) is 5.41. The molecule has 1 saturated heterocycles. The molecule has 0 radical (unpaired) electrons. The van der Waals surface area contributed by atoms with Gasteiger partial charge >= 0.3 is 0 Å².